The van der Waals surface area contributed by atoms with E-state index in [2.05, 4.69) is 4.98 Å². The van der Waals surface area contributed by atoms with Gasteiger partial charge in [0.25, 0.3) is 11.8 Å². The summed E-state index contributed by atoms with van der Waals surface area (Å²) < 4.78 is 19.9. The van der Waals surface area contributed by atoms with Crippen molar-refractivity contribution in [1.82, 2.24) is 14.8 Å². The summed E-state index contributed by atoms with van der Waals surface area (Å²) >= 11 is 0. The number of piperidine rings is 1. The summed E-state index contributed by atoms with van der Waals surface area (Å²) in [6.07, 6.45) is 4.91. The van der Waals surface area contributed by atoms with Crippen LogP contribution in [0.25, 0.3) is 0 Å². The zero-order valence-electron chi connectivity index (χ0n) is 16.0. The molecule has 3 aliphatic heterocycles. The molecule has 3 saturated heterocycles. The maximum absolute atomic E-state index is 13.6. The Morgan fingerprint density at radius 2 is 1.90 bits per heavy atom. The lowest BCUT2D eigenvalue weighted by Crippen LogP contribution is -2.51. The van der Waals surface area contributed by atoms with Crippen LogP contribution in [0.3, 0.4) is 0 Å². The van der Waals surface area contributed by atoms with Crippen LogP contribution in [0.15, 0.2) is 48.8 Å². The Hall–Kier alpha value is -2.80. The normalized spacial score (nSPS) is 25.5. The molecular formula is C22H22FN3O3. The van der Waals surface area contributed by atoms with Crippen molar-refractivity contribution >= 4 is 11.8 Å². The summed E-state index contributed by atoms with van der Waals surface area (Å²) in [6, 6.07) is 10.4. The quantitative estimate of drug-likeness (QED) is 0.785. The van der Waals surface area contributed by atoms with Crippen LogP contribution in [0.2, 0.25) is 0 Å². The highest BCUT2D eigenvalue weighted by Crippen LogP contribution is 2.47. The Morgan fingerprint density at radius 3 is 2.62 bits per heavy atom. The van der Waals surface area contributed by atoms with Gasteiger partial charge in [0.15, 0.2) is 5.60 Å². The summed E-state index contributed by atoms with van der Waals surface area (Å²) in [5.74, 6) is -0.461. The van der Waals surface area contributed by atoms with Crippen LogP contribution in [-0.2, 0) is 9.53 Å². The Balaban J connectivity index is 1.31. The van der Waals surface area contributed by atoms with Gasteiger partial charge in [0.2, 0.25) is 0 Å². The molecule has 7 heteroatoms. The molecule has 2 aromatic rings. The van der Waals surface area contributed by atoms with E-state index >= 15 is 0 Å². The Morgan fingerprint density at radius 1 is 1.14 bits per heavy atom. The molecule has 0 radical (unpaired) electrons. The fourth-order valence-corrected chi connectivity index (χ4v) is 4.82. The van der Waals surface area contributed by atoms with E-state index in [4.69, 9.17) is 4.74 Å². The number of carbonyl (C=O) groups excluding carboxylic acids is 2. The minimum Gasteiger partial charge on any atom is -0.342 e. The summed E-state index contributed by atoms with van der Waals surface area (Å²) in [5.41, 5.74) is 0.483. The number of halogens is 1. The first kappa shape index (κ1) is 18.2. The highest BCUT2D eigenvalue weighted by molar-refractivity contribution is 5.95. The van der Waals surface area contributed by atoms with E-state index in [1.807, 2.05) is 18.2 Å². The molecule has 2 unspecified atom stereocenters. The minimum absolute atomic E-state index is 0.0184. The van der Waals surface area contributed by atoms with Crippen LogP contribution >= 0.6 is 0 Å². The van der Waals surface area contributed by atoms with Crippen molar-refractivity contribution in [2.75, 3.05) is 13.1 Å². The number of rotatable bonds is 2. The number of benzene rings is 1. The molecule has 0 N–H and O–H groups in total. The van der Waals surface area contributed by atoms with Crippen LogP contribution in [0.1, 0.15) is 47.6 Å². The molecule has 29 heavy (non-hydrogen) atoms. The molecule has 1 aromatic carbocycles. The molecule has 4 heterocycles. The van der Waals surface area contributed by atoms with Crippen LogP contribution in [0.5, 0.6) is 0 Å². The Bertz CT molecular complexity index is 943. The number of hydrogen-bond donors (Lipinski definition) is 0. The first-order valence-electron chi connectivity index (χ1n) is 10.0. The van der Waals surface area contributed by atoms with Crippen molar-refractivity contribution in [3.05, 3.63) is 65.7 Å². The van der Waals surface area contributed by atoms with E-state index in [1.165, 1.54) is 12.3 Å². The largest absolute Gasteiger partial charge is 0.342 e. The van der Waals surface area contributed by atoms with Crippen LogP contribution < -0.4 is 0 Å². The van der Waals surface area contributed by atoms with Crippen molar-refractivity contribution in [2.45, 2.75) is 43.6 Å². The summed E-state index contributed by atoms with van der Waals surface area (Å²) in [6.45, 7) is 0.957. The number of nitrogens with zero attached hydrogens (tertiary/aromatic N) is 3. The molecule has 3 aliphatic rings. The second-order valence-corrected chi connectivity index (χ2v) is 7.97. The molecule has 0 bridgehead atoms. The van der Waals surface area contributed by atoms with Gasteiger partial charge >= 0.3 is 0 Å². The lowest BCUT2D eigenvalue weighted by Gasteiger charge is -2.37. The molecule has 1 spiro atoms. The van der Waals surface area contributed by atoms with Crippen molar-refractivity contribution in [3.63, 3.8) is 0 Å². The van der Waals surface area contributed by atoms with E-state index in [-0.39, 0.29) is 24.1 Å². The number of ether oxygens (including phenoxy) is 1. The number of pyridine rings is 1. The van der Waals surface area contributed by atoms with Crippen molar-refractivity contribution in [1.29, 1.82) is 0 Å². The number of amides is 2. The van der Waals surface area contributed by atoms with E-state index in [1.54, 1.807) is 28.1 Å². The first-order valence-corrected chi connectivity index (χ1v) is 10.0. The van der Waals surface area contributed by atoms with E-state index in [9.17, 15) is 14.0 Å². The van der Waals surface area contributed by atoms with Gasteiger partial charge in [-0.2, -0.15) is 0 Å². The van der Waals surface area contributed by atoms with E-state index in [0.717, 1.165) is 12.8 Å². The molecule has 1 aromatic heterocycles. The minimum atomic E-state index is -0.877. The van der Waals surface area contributed by atoms with Crippen molar-refractivity contribution in [2.24, 2.45) is 0 Å². The summed E-state index contributed by atoms with van der Waals surface area (Å²) in [4.78, 5) is 33.5. The second-order valence-electron chi connectivity index (χ2n) is 7.97. The maximum Gasteiger partial charge on any atom is 0.257 e. The number of carbonyl (C=O) groups is 2. The molecule has 0 saturated carbocycles. The fourth-order valence-electron chi connectivity index (χ4n) is 4.82. The zero-order valence-corrected chi connectivity index (χ0v) is 16.0. The zero-order chi connectivity index (χ0) is 20.0. The lowest BCUT2D eigenvalue weighted by atomic mass is 9.89. The van der Waals surface area contributed by atoms with Crippen LogP contribution in [0, 0.1) is 5.82 Å². The highest BCUT2D eigenvalue weighted by atomic mass is 19.1. The SMILES string of the molecule is O=C(c1ccccc1)N1CCC2(CC1)OC1CCC(c3cncc(F)c3)N1C2=O. The third kappa shape index (κ3) is 3.00. The van der Waals surface area contributed by atoms with Gasteiger partial charge in [-0.15, -0.1) is 0 Å². The third-order valence-electron chi connectivity index (χ3n) is 6.31. The Labute approximate surface area is 168 Å². The van der Waals surface area contributed by atoms with Gasteiger partial charge < -0.3 is 14.5 Å². The predicted octanol–water partition coefficient (Wildman–Crippen LogP) is 2.92. The number of fused-ring (bicyclic) bond motifs is 1. The average molecular weight is 395 g/mol. The molecule has 3 fully saturated rings. The number of likely N-dealkylation sites (tertiary alicyclic amines) is 1. The van der Waals surface area contributed by atoms with Crippen LogP contribution in [0.4, 0.5) is 4.39 Å². The summed E-state index contributed by atoms with van der Waals surface area (Å²) in [7, 11) is 0. The van der Waals surface area contributed by atoms with Gasteiger partial charge in [-0.1, -0.05) is 18.2 Å². The lowest BCUT2D eigenvalue weighted by molar-refractivity contribution is -0.142. The number of hydrogen-bond acceptors (Lipinski definition) is 4. The van der Waals surface area contributed by atoms with Gasteiger partial charge in [-0.3, -0.25) is 14.6 Å². The van der Waals surface area contributed by atoms with Gasteiger partial charge in [0, 0.05) is 37.7 Å². The number of aromatic nitrogens is 1. The molecule has 150 valence electrons. The Kier molecular flexibility index (Phi) is 4.35. The molecule has 5 rings (SSSR count). The standard InChI is InChI=1S/C22H22FN3O3/c23-17-12-16(13-24-14-17)18-6-7-19-26(18)21(28)22(29-19)8-10-25(11-9-22)20(27)15-4-2-1-3-5-15/h1-5,12-14,18-19H,6-11H2. The van der Waals surface area contributed by atoms with Gasteiger partial charge in [0.1, 0.15) is 12.0 Å². The third-order valence-corrected chi connectivity index (χ3v) is 6.31. The summed E-state index contributed by atoms with van der Waals surface area (Å²) in [5, 5.41) is 0. The van der Waals surface area contributed by atoms with E-state index in [0.29, 0.717) is 37.1 Å². The van der Waals surface area contributed by atoms with Gasteiger partial charge in [0.05, 0.1) is 12.2 Å². The maximum atomic E-state index is 13.6. The molecule has 2 amide bonds. The van der Waals surface area contributed by atoms with Crippen LogP contribution in [-0.4, -0.2) is 51.5 Å². The second kappa shape index (κ2) is 6.91. The first-order chi connectivity index (χ1) is 14.1. The van der Waals surface area contributed by atoms with Crippen molar-refractivity contribution in [3.8, 4) is 0 Å². The van der Waals surface area contributed by atoms with E-state index < -0.39 is 11.4 Å². The molecular weight excluding hydrogens is 373 g/mol. The average Bonchev–Trinajstić information content (AvgIpc) is 3.27. The highest BCUT2D eigenvalue weighted by Gasteiger charge is 2.58. The molecule has 6 nitrogen and oxygen atoms in total. The predicted molar refractivity (Wildman–Crippen MR) is 102 cm³/mol. The smallest absolute Gasteiger partial charge is 0.257 e. The van der Waals surface area contributed by atoms with Crippen molar-refractivity contribution < 1.29 is 18.7 Å². The van der Waals surface area contributed by atoms with Gasteiger partial charge in [-0.05, 0) is 36.6 Å². The fraction of sp³-hybridized carbons (Fsp3) is 0.409. The van der Waals surface area contributed by atoms with Gasteiger partial charge in [-0.25, -0.2) is 4.39 Å². The molecule has 0 aliphatic carbocycles. The monoisotopic (exact) mass is 395 g/mol. The topological polar surface area (TPSA) is 62.7 Å². The molecule has 2 atom stereocenters.